The molecule has 0 aliphatic carbocycles. The number of benzene rings is 2. The smallest absolute Gasteiger partial charge is 0.270 e. The van der Waals surface area contributed by atoms with Crippen molar-refractivity contribution in [1.29, 1.82) is 0 Å². The van der Waals surface area contributed by atoms with Crippen LogP contribution >= 0.6 is 22.9 Å². The molecule has 1 amide bonds. The van der Waals surface area contributed by atoms with Gasteiger partial charge in [-0.25, -0.2) is 8.42 Å². The Hall–Kier alpha value is -3.19. The monoisotopic (exact) mass is 490 g/mol. The highest BCUT2D eigenvalue weighted by Crippen LogP contribution is 2.22. The lowest BCUT2D eigenvalue weighted by atomic mass is 10.1. The van der Waals surface area contributed by atoms with Gasteiger partial charge in [0.2, 0.25) is 21.2 Å². The van der Waals surface area contributed by atoms with Crippen LogP contribution in [-0.2, 0) is 16.6 Å². The molecule has 0 aliphatic heterocycles. The van der Waals surface area contributed by atoms with E-state index in [0.717, 1.165) is 16.9 Å². The maximum absolute atomic E-state index is 12.5. The molecule has 0 saturated carbocycles. The van der Waals surface area contributed by atoms with E-state index in [-0.39, 0.29) is 27.7 Å². The summed E-state index contributed by atoms with van der Waals surface area (Å²) >= 11 is 6.67. The van der Waals surface area contributed by atoms with Crippen molar-refractivity contribution in [1.82, 2.24) is 25.1 Å². The lowest BCUT2D eigenvalue weighted by Gasteiger charge is -2.01. The maximum atomic E-state index is 12.5. The average molecular weight is 491 g/mol. The summed E-state index contributed by atoms with van der Waals surface area (Å²) in [5.74, 6) is -0.0860. The van der Waals surface area contributed by atoms with Crippen molar-refractivity contribution >= 4 is 44.0 Å². The van der Waals surface area contributed by atoms with E-state index in [2.05, 4.69) is 30.4 Å². The van der Waals surface area contributed by atoms with Gasteiger partial charge in [-0.2, -0.15) is 9.71 Å². The third-order valence-corrected chi connectivity index (χ3v) is 6.98. The van der Waals surface area contributed by atoms with Crippen LogP contribution in [0.3, 0.4) is 0 Å². The predicted octanol–water partition coefficient (Wildman–Crippen LogP) is 3.28. The second-order valence-corrected chi connectivity index (χ2v) is 9.89. The summed E-state index contributed by atoms with van der Waals surface area (Å²) in [7, 11) is -4.01. The first-order chi connectivity index (χ1) is 15.3. The zero-order valence-electron chi connectivity index (χ0n) is 16.4. The average Bonchev–Trinajstić information content (AvgIpc) is 3.43. The number of hydrogen-bond acceptors (Lipinski definition) is 9. The second kappa shape index (κ2) is 9.12. The molecule has 0 fully saturated rings. The molecule has 2 N–H and O–H groups in total. The van der Waals surface area contributed by atoms with Gasteiger partial charge in [-0.05, 0) is 31.2 Å². The van der Waals surface area contributed by atoms with Gasteiger partial charge in [-0.15, -0.1) is 10.2 Å². The van der Waals surface area contributed by atoms with Gasteiger partial charge >= 0.3 is 0 Å². The fourth-order valence-electron chi connectivity index (χ4n) is 2.53. The zero-order valence-corrected chi connectivity index (χ0v) is 18.8. The van der Waals surface area contributed by atoms with Crippen LogP contribution in [0.4, 0.5) is 5.13 Å². The molecule has 13 heteroatoms. The number of nitrogens with one attached hydrogen (secondary N) is 2. The number of rotatable bonds is 7. The van der Waals surface area contributed by atoms with Crippen molar-refractivity contribution in [3.8, 4) is 11.4 Å². The Morgan fingerprint density at radius 1 is 1.16 bits per heavy atom. The summed E-state index contributed by atoms with van der Waals surface area (Å²) < 4.78 is 32.1. The number of carbonyl (C=O) groups excluding carboxylic acids is 1. The van der Waals surface area contributed by atoms with Gasteiger partial charge in [-0.3, -0.25) is 10.1 Å². The van der Waals surface area contributed by atoms with Crippen molar-refractivity contribution in [2.75, 3.05) is 5.32 Å². The molecule has 2 aromatic carbocycles. The number of hydrogen-bond donors (Lipinski definition) is 2. The van der Waals surface area contributed by atoms with E-state index in [1.165, 1.54) is 0 Å². The number of anilines is 1. The normalized spacial score (nSPS) is 11.4. The van der Waals surface area contributed by atoms with Crippen LogP contribution in [0.15, 0.2) is 57.4 Å². The Labute approximate surface area is 191 Å². The van der Waals surface area contributed by atoms with E-state index in [4.69, 9.17) is 16.1 Å². The Kier molecular flexibility index (Phi) is 6.28. The first-order valence-corrected chi connectivity index (χ1v) is 11.8. The highest BCUT2D eigenvalue weighted by Gasteiger charge is 2.22. The summed E-state index contributed by atoms with van der Waals surface area (Å²) in [4.78, 5) is 16.4. The summed E-state index contributed by atoms with van der Waals surface area (Å²) in [5, 5.41) is 14.3. The maximum Gasteiger partial charge on any atom is 0.270 e. The van der Waals surface area contributed by atoms with Crippen molar-refractivity contribution in [2.24, 2.45) is 0 Å². The van der Waals surface area contributed by atoms with Crippen LogP contribution in [0.5, 0.6) is 0 Å². The molecular weight excluding hydrogens is 476 g/mol. The van der Waals surface area contributed by atoms with Crippen LogP contribution in [-0.4, -0.2) is 34.7 Å². The summed E-state index contributed by atoms with van der Waals surface area (Å²) in [6.07, 6.45) is 0. The molecule has 0 unspecified atom stereocenters. The predicted molar refractivity (Wildman–Crippen MR) is 118 cm³/mol. The molecule has 2 heterocycles. The number of carbonyl (C=O) groups is 1. The zero-order chi connectivity index (χ0) is 22.7. The van der Waals surface area contributed by atoms with Crippen LogP contribution in [0.1, 0.15) is 21.8 Å². The second-order valence-electron chi connectivity index (χ2n) is 6.54. The third-order valence-electron chi connectivity index (χ3n) is 4.13. The quantitative estimate of drug-likeness (QED) is 0.376. The number of sulfonamides is 1. The fourth-order valence-corrected chi connectivity index (χ4v) is 4.63. The van der Waals surface area contributed by atoms with Crippen molar-refractivity contribution in [3.63, 3.8) is 0 Å². The van der Waals surface area contributed by atoms with Crippen LogP contribution in [0.2, 0.25) is 5.02 Å². The van der Waals surface area contributed by atoms with E-state index in [1.807, 2.05) is 6.92 Å². The number of nitrogens with zero attached hydrogens (tertiary/aromatic N) is 4. The molecular formula is C19H15ClN6O4S2. The molecule has 0 bridgehead atoms. The van der Waals surface area contributed by atoms with E-state index in [0.29, 0.717) is 16.1 Å². The molecule has 2 aromatic heterocycles. The van der Waals surface area contributed by atoms with Gasteiger partial charge < -0.3 is 4.52 Å². The Bertz CT molecular complexity index is 1370. The molecule has 0 aliphatic rings. The standard InChI is InChI=1S/C19H15ClN6O4S2/c1-11-5-7-12(8-6-11)17(27)23-18-24-25-19(31-18)32(28,29)21-10-15-22-16(26-30-15)13-3-2-4-14(20)9-13/h2-9,21H,10H2,1H3,(H,23,24,27). The van der Waals surface area contributed by atoms with E-state index in [1.54, 1.807) is 48.5 Å². The van der Waals surface area contributed by atoms with E-state index >= 15 is 0 Å². The van der Waals surface area contributed by atoms with E-state index < -0.39 is 15.9 Å². The van der Waals surface area contributed by atoms with Gasteiger partial charge in [0.1, 0.15) is 0 Å². The first kappa shape index (κ1) is 22.0. The first-order valence-electron chi connectivity index (χ1n) is 9.10. The van der Waals surface area contributed by atoms with Crippen LogP contribution in [0.25, 0.3) is 11.4 Å². The van der Waals surface area contributed by atoms with Gasteiger partial charge in [-0.1, -0.05) is 57.9 Å². The number of amides is 1. The topological polar surface area (TPSA) is 140 Å². The van der Waals surface area contributed by atoms with Crippen molar-refractivity contribution < 1.29 is 17.7 Å². The molecule has 4 aromatic rings. The fraction of sp³-hybridized carbons (Fsp3) is 0.105. The Morgan fingerprint density at radius 2 is 1.94 bits per heavy atom. The van der Waals surface area contributed by atoms with Crippen molar-refractivity contribution in [3.05, 3.63) is 70.6 Å². The highest BCUT2D eigenvalue weighted by atomic mass is 35.5. The largest absolute Gasteiger partial charge is 0.338 e. The molecule has 0 radical (unpaired) electrons. The number of halogens is 1. The van der Waals surface area contributed by atoms with Crippen LogP contribution < -0.4 is 10.0 Å². The summed E-state index contributed by atoms with van der Waals surface area (Å²) in [6, 6.07) is 13.8. The highest BCUT2D eigenvalue weighted by molar-refractivity contribution is 7.91. The minimum atomic E-state index is -4.01. The molecule has 4 rings (SSSR count). The van der Waals surface area contributed by atoms with Gasteiger partial charge in [0.25, 0.3) is 15.9 Å². The number of aromatic nitrogens is 4. The molecule has 0 atom stereocenters. The van der Waals surface area contributed by atoms with Crippen LogP contribution in [0, 0.1) is 6.92 Å². The molecule has 0 spiro atoms. The number of aryl methyl sites for hydroxylation is 1. The Balaban J connectivity index is 1.40. The molecule has 164 valence electrons. The molecule has 10 nitrogen and oxygen atoms in total. The van der Waals surface area contributed by atoms with Gasteiger partial charge in [0.05, 0.1) is 6.54 Å². The SMILES string of the molecule is Cc1ccc(C(=O)Nc2nnc(S(=O)(=O)NCc3nc(-c4cccc(Cl)c4)no3)s2)cc1. The minimum absolute atomic E-state index is 0.0528. The Morgan fingerprint density at radius 3 is 2.69 bits per heavy atom. The third kappa shape index (κ3) is 5.16. The lowest BCUT2D eigenvalue weighted by molar-refractivity contribution is 0.102. The van der Waals surface area contributed by atoms with Gasteiger partial charge in [0, 0.05) is 16.1 Å². The summed E-state index contributed by atoms with van der Waals surface area (Å²) in [5.41, 5.74) is 2.06. The van der Waals surface area contributed by atoms with E-state index in [9.17, 15) is 13.2 Å². The molecule has 0 saturated heterocycles. The summed E-state index contributed by atoms with van der Waals surface area (Å²) in [6.45, 7) is 1.66. The lowest BCUT2D eigenvalue weighted by Crippen LogP contribution is -2.23. The molecule has 32 heavy (non-hydrogen) atoms. The van der Waals surface area contributed by atoms with Gasteiger partial charge in [0.15, 0.2) is 0 Å². The minimum Gasteiger partial charge on any atom is -0.338 e. The van der Waals surface area contributed by atoms with Crippen molar-refractivity contribution in [2.45, 2.75) is 17.8 Å².